The van der Waals surface area contributed by atoms with Gasteiger partial charge in [-0.1, -0.05) is 0 Å². The molecule has 1 fully saturated rings. The second kappa shape index (κ2) is 3.18. The average Bonchev–Trinajstić information content (AvgIpc) is 2.18. The molecule has 1 rings (SSSR count). The van der Waals surface area contributed by atoms with Crippen LogP contribution in [0.25, 0.3) is 0 Å². The normalized spacial score (nSPS) is 35.3. The van der Waals surface area contributed by atoms with Gasteiger partial charge in [0, 0.05) is 6.61 Å². The van der Waals surface area contributed by atoms with Gasteiger partial charge in [0.1, 0.15) is 0 Å². The minimum absolute atomic E-state index is 0.134. The third-order valence-electron chi connectivity index (χ3n) is 1.80. The summed E-state index contributed by atoms with van der Waals surface area (Å²) in [4.78, 5) is 0. The predicted molar refractivity (Wildman–Crippen MR) is 35.3 cm³/mol. The van der Waals surface area contributed by atoms with E-state index in [1.807, 2.05) is 6.92 Å². The van der Waals surface area contributed by atoms with Crippen LogP contribution in [0.3, 0.4) is 0 Å². The van der Waals surface area contributed by atoms with Crippen molar-refractivity contribution in [1.29, 1.82) is 0 Å². The molecule has 1 N–H and O–H groups in total. The predicted octanol–water partition coefficient (Wildman–Crippen LogP) is 0.936. The van der Waals surface area contributed by atoms with E-state index in [9.17, 15) is 5.11 Å². The van der Waals surface area contributed by atoms with E-state index in [4.69, 9.17) is 4.74 Å². The van der Waals surface area contributed by atoms with Gasteiger partial charge in [-0.3, -0.25) is 0 Å². The van der Waals surface area contributed by atoms with Gasteiger partial charge in [0.2, 0.25) is 0 Å². The molecule has 0 heterocycles. The molecule has 0 amide bonds. The molecule has 0 aliphatic heterocycles. The highest BCUT2D eigenvalue weighted by Gasteiger charge is 2.24. The lowest BCUT2D eigenvalue weighted by molar-refractivity contribution is -0.0128. The Morgan fingerprint density at radius 2 is 2.33 bits per heavy atom. The third-order valence-corrected chi connectivity index (χ3v) is 1.80. The lowest BCUT2D eigenvalue weighted by Gasteiger charge is -2.13. The molecule has 2 unspecified atom stereocenters. The first kappa shape index (κ1) is 7.03. The van der Waals surface area contributed by atoms with Crippen molar-refractivity contribution >= 4 is 0 Å². The van der Waals surface area contributed by atoms with Crippen molar-refractivity contribution in [3.05, 3.63) is 0 Å². The van der Waals surface area contributed by atoms with Gasteiger partial charge in [0.05, 0.1) is 12.2 Å². The Labute approximate surface area is 55.8 Å². The molecule has 0 aromatic carbocycles. The number of ether oxygens (including phenoxy) is 1. The highest BCUT2D eigenvalue weighted by molar-refractivity contribution is 4.76. The summed E-state index contributed by atoms with van der Waals surface area (Å²) in [6.07, 6.45) is 3.02. The standard InChI is InChI=1S/C7H14O2/c1-2-9-7-5-3-4-6(7)8/h6-8H,2-5H2,1H3. The second-order valence-corrected chi connectivity index (χ2v) is 2.49. The number of aliphatic hydroxyl groups is 1. The van der Waals surface area contributed by atoms with Crippen molar-refractivity contribution in [1.82, 2.24) is 0 Å². The summed E-state index contributed by atoms with van der Waals surface area (Å²) in [6, 6.07) is 0. The SMILES string of the molecule is CCOC1CCCC1O. The van der Waals surface area contributed by atoms with E-state index < -0.39 is 0 Å². The smallest absolute Gasteiger partial charge is 0.0833 e. The number of hydrogen-bond donors (Lipinski definition) is 1. The first-order valence-corrected chi connectivity index (χ1v) is 3.64. The Morgan fingerprint density at radius 1 is 1.56 bits per heavy atom. The van der Waals surface area contributed by atoms with Gasteiger partial charge in [0.25, 0.3) is 0 Å². The second-order valence-electron chi connectivity index (χ2n) is 2.49. The zero-order valence-corrected chi connectivity index (χ0v) is 5.84. The number of aliphatic hydroxyl groups excluding tert-OH is 1. The van der Waals surface area contributed by atoms with Crippen LogP contribution in [-0.2, 0) is 4.74 Å². The summed E-state index contributed by atoms with van der Waals surface area (Å²) in [6.45, 7) is 2.69. The molecule has 0 bridgehead atoms. The first-order valence-electron chi connectivity index (χ1n) is 3.64. The molecule has 0 aromatic heterocycles. The summed E-state index contributed by atoms with van der Waals surface area (Å²) >= 11 is 0. The van der Waals surface area contributed by atoms with Crippen LogP contribution in [-0.4, -0.2) is 23.9 Å². The van der Waals surface area contributed by atoms with Gasteiger partial charge in [-0.15, -0.1) is 0 Å². The van der Waals surface area contributed by atoms with Crippen molar-refractivity contribution in [2.75, 3.05) is 6.61 Å². The van der Waals surface area contributed by atoms with E-state index in [2.05, 4.69) is 0 Å². The third kappa shape index (κ3) is 1.66. The van der Waals surface area contributed by atoms with E-state index in [0.29, 0.717) is 0 Å². The Kier molecular flexibility index (Phi) is 2.49. The number of rotatable bonds is 2. The fraction of sp³-hybridized carbons (Fsp3) is 1.00. The summed E-state index contributed by atoms with van der Waals surface area (Å²) in [5, 5.41) is 9.20. The molecular formula is C7H14O2. The van der Waals surface area contributed by atoms with Gasteiger partial charge in [0.15, 0.2) is 0 Å². The zero-order valence-electron chi connectivity index (χ0n) is 5.84. The van der Waals surface area contributed by atoms with Gasteiger partial charge in [-0.05, 0) is 26.2 Å². The molecule has 9 heavy (non-hydrogen) atoms. The first-order chi connectivity index (χ1) is 4.34. The molecule has 2 heteroatoms. The maximum absolute atomic E-state index is 9.20. The van der Waals surface area contributed by atoms with Crippen LogP contribution in [0.1, 0.15) is 26.2 Å². The van der Waals surface area contributed by atoms with Crippen LogP contribution in [0.5, 0.6) is 0 Å². The molecule has 1 saturated carbocycles. The molecule has 0 spiro atoms. The quantitative estimate of drug-likeness (QED) is 0.602. The Balaban J connectivity index is 2.22. The monoisotopic (exact) mass is 130 g/mol. The highest BCUT2D eigenvalue weighted by atomic mass is 16.5. The van der Waals surface area contributed by atoms with Crippen LogP contribution in [0, 0.1) is 0 Å². The Hall–Kier alpha value is -0.0800. The minimum atomic E-state index is -0.190. The summed E-state index contributed by atoms with van der Waals surface area (Å²) < 4.78 is 5.27. The van der Waals surface area contributed by atoms with Crippen LogP contribution in [0.15, 0.2) is 0 Å². The lowest BCUT2D eigenvalue weighted by Crippen LogP contribution is -2.22. The van der Waals surface area contributed by atoms with E-state index in [1.54, 1.807) is 0 Å². The molecule has 2 atom stereocenters. The maximum Gasteiger partial charge on any atom is 0.0833 e. The average molecular weight is 130 g/mol. The van der Waals surface area contributed by atoms with Gasteiger partial charge in [-0.25, -0.2) is 0 Å². The molecule has 0 saturated heterocycles. The molecule has 0 radical (unpaired) electrons. The van der Waals surface area contributed by atoms with E-state index in [-0.39, 0.29) is 12.2 Å². The lowest BCUT2D eigenvalue weighted by atomic mass is 10.3. The van der Waals surface area contributed by atoms with Crippen molar-refractivity contribution in [2.45, 2.75) is 38.4 Å². The molecule has 0 aromatic rings. The van der Waals surface area contributed by atoms with Gasteiger partial charge < -0.3 is 9.84 Å². The summed E-state index contributed by atoms with van der Waals surface area (Å²) in [5.41, 5.74) is 0. The molecular weight excluding hydrogens is 116 g/mol. The van der Waals surface area contributed by atoms with Crippen LogP contribution in [0.2, 0.25) is 0 Å². The molecule has 2 nitrogen and oxygen atoms in total. The summed E-state index contributed by atoms with van der Waals surface area (Å²) in [7, 11) is 0. The van der Waals surface area contributed by atoms with Gasteiger partial charge in [-0.2, -0.15) is 0 Å². The van der Waals surface area contributed by atoms with Crippen molar-refractivity contribution in [2.24, 2.45) is 0 Å². The van der Waals surface area contributed by atoms with Crippen molar-refractivity contribution < 1.29 is 9.84 Å². The van der Waals surface area contributed by atoms with Crippen LogP contribution < -0.4 is 0 Å². The minimum Gasteiger partial charge on any atom is -0.390 e. The summed E-state index contributed by atoms with van der Waals surface area (Å²) in [5.74, 6) is 0. The van der Waals surface area contributed by atoms with Gasteiger partial charge >= 0.3 is 0 Å². The van der Waals surface area contributed by atoms with Crippen molar-refractivity contribution in [3.63, 3.8) is 0 Å². The number of hydrogen-bond acceptors (Lipinski definition) is 2. The maximum atomic E-state index is 9.20. The molecule has 1 aliphatic rings. The van der Waals surface area contributed by atoms with Crippen LogP contribution in [0.4, 0.5) is 0 Å². The fourth-order valence-corrected chi connectivity index (χ4v) is 1.31. The topological polar surface area (TPSA) is 29.5 Å². The van der Waals surface area contributed by atoms with Crippen molar-refractivity contribution in [3.8, 4) is 0 Å². The van der Waals surface area contributed by atoms with E-state index in [0.717, 1.165) is 25.9 Å². The van der Waals surface area contributed by atoms with E-state index in [1.165, 1.54) is 0 Å². The zero-order chi connectivity index (χ0) is 6.69. The Morgan fingerprint density at radius 3 is 2.78 bits per heavy atom. The van der Waals surface area contributed by atoms with E-state index >= 15 is 0 Å². The van der Waals surface area contributed by atoms with Crippen LogP contribution >= 0.6 is 0 Å². The Bertz CT molecular complexity index is 83.0. The highest BCUT2D eigenvalue weighted by Crippen LogP contribution is 2.21. The molecule has 1 aliphatic carbocycles. The fourth-order valence-electron chi connectivity index (χ4n) is 1.31. The largest absolute Gasteiger partial charge is 0.390 e. The molecule has 54 valence electrons.